The molecule has 0 unspecified atom stereocenters. The van der Waals surface area contributed by atoms with E-state index in [9.17, 15) is 28.2 Å². The summed E-state index contributed by atoms with van der Waals surface area (Å²) in [6, 6.07) is 9.09. The van der Waals surface area contributed by atoms with E-state index >= 15 is 0 Å². The normalized spacial score (nSPS) is 13.7. The highest BCUT2D eigenvalue weighted by atomic mass is 35.5. The number of nitrogens with zero attached hydrogens (tertiary/aromatic N) is 7. The van der Waals surface area contributed by atoms with Gasteiger partial charge in [0.05, 0.1) is 11.6 Å². The number of aliphatic hydroxyl groups excluding tert-OH is 2. The first-order valence-corrected chi connectivity index (χ1v) is 11.1. The Morgan fingerprint density at radius 1 is 1.08 bits per heavy atom. The minimum atomic E-state index is -4.95. The third-order valence-electron chi connectivity index (χ3n) is 5.04. The summed E-state index contributed by atoms with van der Waals surface area (Å²) < 4.78 is 41.9. The number of alkyl halides is 3. The van der Waals surface area contributed by atoms with Gasteiger partial charge in [0.25, 0.3) is 0 Å². The molecule has 0 aliphatic carbocycles. The zero-order chi connectivity index (χ0) is 26.2. The monoisotopic (exact) mass is 543 g/mol. The van der Waals surface area contributed by atoms with Gasteiger partial charge in [0.15, 0.2) is 29.4 Å². The molecule has 1 aromatic carbocycles. The Morgan fingerprint density at radius 3 is 2.39 bits per heavy atom. The van der Waals surface area contributed by atoms with Crippen LogP contribution in [0.3, 0.4) is 0 Å². The number of halogens is 5. The largest absolute Gasteiger partial charge is 0.416 e. The molecule has 2 atom stereocenters. The van der Waals surface area contributed by atoms with Gasteiger partial charge in [0, 0.05) is 16.8 Å². The minimum Gasteiger partial charge on any atom is -0.385 e. The maximum absolute atomic E-state index is 13.1. The summed E-state index contributed by atoms with van der Waals surface area (Å²) >= 11 is 12.1. The van der Waals surface area contributed by atoms with E-state index in [0.29, 0.717) is 15.2 Å². The SMILES string of the molecule is C[C@H](O)c1nc(Cn2nc(-c3ccc(Cl)cc3)n(C[C@H](O)C(F)(F)F)c2=O)nn1-c1ncccc1Cl. The van der Waals surface area contributed by atoms with Crippen molar-refractivity contribution in [1.82, 2.24) is 34.1 Å². The molecular formula is C21H18Cl2F3N7O3. The average molecular weight is 544 g/mol. The lowest BCUT2D eigenvalue weighted by Crippen LogP contribution is -2.37. The molecule has 0 aliphatic heterocycles. The predicted molar refractivity (Wildman–Crippen MR) is 123 cm³/mol. The molecule has 0 spiro atoms. The molecule has 0 amide bonds. The highest BCUT2D eigenvalue weighted by Gasteiger charge is 2.39. The Labute approximate surface area is 211 Å². The minimum absolute atomic E-state index is 0.0124. The van der Waals surface area contributed by atoms with Crippen molar-refractivity contribution < 1.29 is 23.4 Å². The zero-order valence-electron chi connectivity index (χ0n) is 18.4. The van der Waals surface area contributed by atoms with Gasteiger partial charge < -0.3 is 10.2 Å². The second kappa shape index (κ2) is 10.0. The average Bonchev–Trinajstić information content (AvgIpc) is 3.36. The fourth-order valence-electron chi connectivity index (χ4n) is 3.33. The molecule has 36 heavy (non-hydrogen) atoms. The molecular weight excluding hydrogens is 526 g/mol. The lowest BCUT2D eigenvalue weighted by Gasteiger charge is -2.15. The maximum atomic E-state index is 13.1. The first-order valence-electron chi connectivity index (χ1n) is 10.4. The van der Waals surface area contributed by atoms with Crippen LogP contribution in [-0.4, -0.2) is 56.6 Å². The summed E-state index contributed by atoms with van der Waals surface area (Å²) in [5, 5.41) is 28.8. The number of hydrogen-bond acceptors (Lipinski definition) is 7. The number of hydrogen-bond donors (Lipinski definition) is 2. The molecule has 0 radical (unpaired) electrons. The Balaban J connectivity index is 1.78. The van der Waals surface area contributed by atoms with Crippen LogP contribution in [0, 0.1) is 0 Å². The van der Waals surface area contributed by atoms with Crippen molar-refractivity contribution >= 4 is 23.2 Å². The molecule has 0 bridgehead atoms. The first kappa shape index (κ1) is 25.8. The van der Waals surface area contributed by atoms with Crippen LogP contribution >= 0.6 is 23.2 Å². The predicted octanol–water partition coefficient (Wildman–Crippen LogP) is 3.02. The lowest BCUT2D eigenvalue weighted by molar-refractivity contribution is -0.207. The van der Waals surface area contributed by atoms with E-state index < -0.39 is 30.6 Å². The van der Waals surface area contributed by atoms with E-state index in [1.165, 1.54) is 42.1 Å². The number of pyridine rings is 1. The molecule has 10 nitrogen and oxygen atoms in total. The van der Waals surface area contributed by atoms with Crippen LogP contribution in [0.4, 0.5) is 13.2 Å². The van der Waals surface area contributed by atoms with Gasteiger partial charge in [0.1, 0.15) is 12.6 Å². The van der Waals surface area contributed by atoms with E-state index in [2.05, 4.69) is 20.2 Å². The topological polar surface area (TPSA) is 124 Å². The van der Waals surface area contributed by atoms with E-state index in [1.54, 1.807) is 12.1 Å². The summed E-state index contributed by atoms with van der Waals surface area (Å²) in [6.07, 6.45) is -7.38. The molecule has 15 heteroatoms. The molecule has 0 fully saturated rings. The van der Waals surface area contributed by atoms with Crippen molar-refractivity contribution in [2.24, 2.45) is 0 Å². The number of aliphatic hydroxyl groups is 2. The highest BCUT2D eigenvalue weighted by Crippen LogP contribution is 2.25. The fourth-order valence-corrected chi connectivity index (χ4v) is 3.65. The Hall–Kier alpha value is -3.26. The number of rotatable bonds is 7. The van der Waals surface area contributed by atoms with Crippen LogP contribution < -0.4 is 5.69 Å². The van der Waals surface area contributed by atoms with Gasteiger partial charge >= 0.3 is 11.9 Å². The van der Waals surface area contributed by atoms with Crippen molar-refractivity contribution in [2.75, 3.05) is 0 Å². The molecule has 0 saturated heterocycles. The number of aromatic nitrogens is 7. The zero-order valence-corrected chi connectivity index (χ0v) is 19.9. The van der Waals surface area contributed by atoms with Crippen molar-refractivity contribution in [3.8, 4) is 17.2 Å². The smallest absolute Gasteiger partial charge is 0.385 e. The summed E-state index contributed by atoms with van der Waals surface area (Å²) in [6.45, 7) is 0.00946. The molecule has 0 aliphatic rings. The molecule has 0 saturated carbocycles. The van der Waals surface area contributed by atoms with Crippen molar-refractivity contribution in [3.05, 3.63) is 74.8 Å². The third kappa shape index (κ3) is 5.28. The van der Waals surface area contributed by atoms with Crippen LogP contribution in [0.5, 0.6) is 0 Å². The van der Waals surface area contributed by atoms with Crippen LogP contribution in [-0.2, 0) is 13.1 Å². The van der Waals surface area contributed by atoms with Gasteiger partial charge in [-0.15, -0.1) is 10.2 Å². The summed E-state index contributed by atoms with van der Waals surface area (Å²) in [4.78, 5) is 21.4. The molecule has 4 rings (SSSR count). The molecule has 2 N–H and O–H groups in total. The van der Waals surface area contributed by atoms with Gasteiger partial charge in [-0.2, -0.15) is 17.9 Å². The summed E-state index contributed by atoms with van der Waals surface area (Å²) in [7, 11) is 0. The quantitative estimate of drug-likeness (QED) is 0.367. The fraction of sp³-hybridized carbons (Fsp3) is 0.286. The van der Waals surface area contributed by atoms with E-state index in [0.717, 1.165) is 4.68 Å². The van der Waals surface area contributed by atoms with Gasteiger partial charge in [-0.05, 0) is 43.3 Å². The Bertz CT molecular complexity index is 1430. The van der Waals surface area contributed by atoms with Crippen LogP contribution in [0.15, 0.2) is 47.4 Å². The van der Waals surface area contributed by atoms with Gasteiger partial charge in [0.2, 0.25) is 0 Å². The van der Waals surface area contributed by atoms with Crippen molar-refractivity contribution in [2.45, 2.75) is 38.4 Å². The van der Waals surface area contributed by atoms with E-state index in [-0.39, 0.29) is 34.9 Å². The summed E-state index contributed by atoms with van der Waals surface area (Å²) in [5.74, 6) is 0.145. The maximum Gasteiger partial charge on any atom is 0.416 e. The van der Waals surface area contributed by atoms with Gasteiger partial charge in [-0.3, -0.25) is 4.57 Å². The van der Waals surface area contributed by atoms with Crippen molar-refractivity contribution in [1.29, 1.82) is 0 Å². The number of benzene rings is 1. The highest BCUT2D eigenvalue weighted by molar-refractivity contribution is 6.32. The van der Waals surface area contributed by atoms with Crippen molar-refractivity contribution in [3.63, 3.8) is 0 Å². The van der Waals surface area contributed by atoms with E-state index in [4.69, 9.17) is 23.2 Å². The second-order valence-electron chi connectivity index (χ2n) is 7.72. The first-order chi connectivity index (χ1) is 17.0. The van der Waals surface area contributed by atoms with Gasteiger partial charge in [-0.25, -0.2) is 19.4 Å². The van der Waals surface area contributed by atoms with Gasteiger partial charge in [-0.1, -0.05) is 23.2 Å². The van der Waals surface area contributed by atoms with Crippen LogP contribution in [0.2, 0.25) is 10.0 Å². The Kier molecular flexibility index (Phi) is 7.18. The van der Waals surface area contributed by atoms with E-state index in [1.807, 2.05) is 0 Å². The third-order valence-corrected chi connectivity index (χ3v) is 5.59. The standard InChI is InChI=1S/C21H18Cl2F3N7O3/c1-11(34)17-28-16(29-33(17)19-14(23)3-2-8-27-19)10-32-20(36)31(9-15(35)21(24,25)26)18(30-32)12-4-6-13(22)7-5-12/h2-8,11,15,34-35H,9-10H2,1H3/t11-,15-/m0/s1. The van der Waals surface area contributed by atoms with Crippen LogP contribution in [0.25, 0.3) is 17.2 Å². The second-order valence-corrected chi connectivity index (χ2v) is 8.57. The Morgan fingerprint density at radius 2 is 1.78 bits per heavy atom. The molecule has 3 aromatic heterocycles. The molecule has 4 aromatic rings. The summed E-state index contributed by atoms with van der Waals surface area (Å²) in [5.41, 5.74) is -0.637. The lowest BCUT2D eigenvalue weighted by atomic mass is 10.2. The van der Waals surface area contributed by atoms with Crippen LogP contribution in [0.1, 0.15) is 24.7 Å². The molecule has 3 heterocycles. The molecule has 190 valence electrons.